The van der Waals surface area contributed by atoms with E-state index in [0.717, 1.165) is 41.6 Å². The Morgan fingerprint density at radius 1 is 1.16 bits per heavy atom. The third kappa shape index (κ3) is 4.20. The lowest BCUT2D eigenvalue weighted by molar-refractivity contribution is -0.130. The number of nitrogens with zero attached hydrogens (tertiary/aromatic N) is 3. The van der Waals surface area contributed by atoms with Crippen molar-refractivity contribution in [3.05, 3.63) is 17.0 Å². The molecule has 1 rings (SSSR count). The maximum absolute atomic E-state index is 12.0. The first-order valence-electron chi connectivity index (χ1n) is 6.69. The molecule has 0 aliphatic carbocycles. The second-order valence-corrected chi connectivity index (χ2v) is 5.20. The molecule has 0 aliphatic heterocycles. The fourth-order valence-electron chi connectivity index (χ4n) is 2.13. The Bertz CT molecular complexity index is 421. The summed E-state index contributed by atoms with van der Waals surface area (Å²) >= 11 is 1.54. The molecule has 0 atom stereocenters. The van der Waals surface area contributed by atoms with Crippen LogP contribution in [0, 0.1) is 13.8 Å². The molecule has 1 amide bonds. The van der Waals surface area contributed by atoms with Crippen LogP contribution in [0.5, 0.6) is 0 Å². The molecule has 0 spiro atoms. The van der Waals surface area contributed by atoms with Crippen LogP contribution in [-0.2, 0) is 11.2 Å². The summed E-state index contributed by atoms with van der Waals surface area (Å²) in [5, 5.41) is 0.800. The summed E-state index contributed by atoms with van der Waals surface area (Å²) < 4.78 is 0. The molecular formula is C14H23N3OS. The monoisotopic (exact) mass is 281 g/mol. The Hall–Kier alpha value is -1.10. The Morgan fingerprint density at radius 3 is 2.11 bits per heavy atom. The van der Waals surface area contributed by atoms with E-state index in [9.17, 15) is 4.79 Å². The van der Waals surface area contributed by atoms with Gasteiger partial charge in [0.2, 0.25) is 5.91 Å². The molecule has 0 fully saturated rings. The molecule has 1 aromatic heterocycles. The number of carbonyl (C=O) groups is 1. The molecule has 0 bridgehead atoms. The Labute approximate surface area is 120 Å². The van der Waals surface area contributed by atoms with Gasteiger partial charge in [0.1, 0.15) is 0 Å². The number of hydrogen-bond donors (Lipinski definition) is 0. The van der Waals surface area contributed by atoms with E-state index in [-0.39, 0.29) is 5.91 Å². The number of aryl methyl sites for hydroxylation is 2. The van der Waals surface area contributed by atoms with Crippen LogP contribution in [0.25, 0.3) is 0 Å². The molecule has 1 aromatic rings. The maximum Gasteiger partial charge on any atom is 0.222 e. The highest BCUT2D eigenvalue weighted by molar-refractivity contribution is 7.98. The average molecular weight is 281 g/mol. The third-order valence-corrected chi connectivity index (χ3v) is 3.84. The highest BCUT2D eigenvalue weighted by Gasteiger charge is 2.13. The molecule has 0 N–H and O–H groups in total. The van der Waals surface area contributed by atoms with Gasteiger partial charge in [0.15, 0.2) is 5.16 Å². The fraction of sp³-hybridized carbons (Fsp3) is 0.643. The number of rotatable bonds is 6. The molecule has 0 aromatic carbocycles. The molecule has 106 valence electrons. The highest BCUT2D eigenvalue weighted by atomic mass is 32.2. The molecular weight excluding hydrogens is 258 g/mol. The molecule has 19 heavy (non-hydrogen) atoms. The van der Waals surface area contributed by atoms with Gasteiger partial charge in [-0.15, -0.1) is 0 Å². The molecule has 0 aliphatic rings. The number of carbonyl (C=O) groups excluding carboxylic acids is 1. The first-order chi connectivity index (χ1) is 9.03. The number of aromatic nitrogens is 2. The van der Waals surface area contributed by atoms with Crippen molar-refractivity contribution in [3.63, 3.8) is 0 Å². The molecule has 0 radical (unpaired) electrons. The van der Waals surface area contributed by atoms with Crippen molar-refractivity contribution in [3.8, 4) is 0 Å². The van der Waals surface area contributed by atoms with Crippen LogP contribution in [-0.4, -0.2) is 40.1 Å². The van der Waals surface area contributed by atoms with Crippen molar-refractivity contribution in [2.45, 2.75) is 45.7 Å². The van der Waals surface area contributed by atoms with Gasteiger partial charge >= 0.3 is 0 Å². The smallest absolute Gasteiger partial charge is 0.222 e. The molecule has 4 nitrogen and oxygen atoms in total. The molecule has 5 heteroatoms. The summed E-state index contributed by atoms with van der Waals surface area (Å²) in [4.78, 5) is 22.8. The van der Waals surface area contributed by atoms with E-state index in [2.05, 4.69) is 9.97 Å². The Morgan fingerprint density at radius 2 is 1.68 bits per heavy atom. The lowest BCUT2D eigenvalue weighted by atomic mass is 10.1. The quantitative estimate of drug-likeness (QED) is 0.594. The first kappa shape index (κ1) is 16.0. The normalized spacial score (nSPS) is 10.6. The summed E-state index contributed by atoms with van der Waals surface area (Å²) in [5.74, 6) is 0.206. The molecule has 0 unspecified atom stereocenters. The SMILES string of the molecule is CCN(CC)C(=O)CCc1c(C)nc(SC)nc1C. The minimum atomic E-state index is 0.206. The van der Waals surface area contributed by atoms with E-state index in [4.69, 9.17) is 0 Å². The standard InChI is InChI=1S/C14H23N3OS/c1-6-17(7-2)13(18)9-8-12-10(3)15-14(19-5)16-11(12)4/h6-9H2,1-5H3. The van der Waals surface area contributed by atoms with E-state index in [1.165, 1.54) is 0 Å². The largest absolute Gasteiger partial charge is 0.343 e. The van der Waals surface area contributed by atoms with Crippen LogP contribution in [0.2, 0.25) is 0 Å². The van der Waals surface area contributed by atoms with Crippen molar-refractivity contribution in [1.82, 2.24) is 14.9 Å². The zero-order chi connectivity index (χ0) is 14.4. The third-order valence-electron chi connectivity index (χ3n) is 3.29. The second kappa shape index (κ2) is 7.48. The van der Waals surface area contributed by atoms with Crippen molar-refractivity contribution in [1.29, 1.82) is 0 Å². The Balaban J connectivity index is 2.75. The van der Waals surface area contributed by atoms with Crippen LogP contribution < -0.4 is 0 Å². The van der Waals surface area contributed by atoms with Crippen LogP contribution in [0.15, 0.2) is 5.16 Å². The number of thioether (sulfide) groups is 1. The van der Waals surface area contributed by atoms with E-state index < -0.39 is 0 Å². The van der Waals surface area contributed by atoms with Gasteiger partial charge in [-0.25, -0.2) is 9.97 Å². The van der Waals surface area contributed by atoms with Gasteiger partial charge in [0, 0.05) is 30.9 Å². The topological polar surface area (TPSA) is 46.1 Å². The minimum absolute atomic E-state index is 0.206. The molecule has 1 heterocycles. The Kier molecular flexibility index (Phi) is 6.28. The summed E-state index contributed by atoms with van der Waals surface area (Å²) in [6.07, 6.45) is 3.23. The van der Waals surface area contributed by atoms with Gasteiger partial charge in [-0.2, -0.15) is 0 Å². The van der Waals surface area contributed by atoms with Gasteiger partial charge in [0.25, 0.3) is 0 Å². The van der Waals surface area contributed by atoms with Crippen molar-refractivity contribution >= 4 is 17.7 Å². The van der Waals surface area contributed by atoms with E-state index in [1.807, 2.05) is 38.9 Å². The van der Waals surface area contributed by atoms with Crippen LogP contribution in [0.3, 0.4) is 0 Å². The predicted molar refractivity (Wildman–Crippen MR) is 79.5 cm³/mol. The molecule has 0 saturated heterocycles. The van der Waals surface area contributed by atoms with E-state index in [0.29, 0.717) is 6.42 Å². The van der Waals surface area contributed by atoms with Gasteiger partial charge in [0.05, 0.1) is 0 Å². The second-order valence-electron chi connectivity index (χ2n) is 4.43. The summed E-state index contributed by atoms with van der Waals surface area (Å²) in [6, 6.07) is 0. The highest BCUT2D eigenvalue weighted by Crippen LogP contribution is 2.17. The van der Waals surface area contributed by atoms with E-state index in [1.54, 1.807) is 11.8 Å². The van der Waals surface area contributed by atoms with Crippen LogP contribution >= 0.6 is 11.8 Å². The summed E-state index contributed by atoms with van der Waals surface area (Å²) in [7, 11) is 0. The van der Waals surface area contributed by atoms with Gasteiger partial charge < -0.3 is 4.90 Å². The minimum Gasteiger partial charge on any atom is -0.343 e. The van der Waals surface area contributed by atoms with Crippen molar-refractivity contribution in [2.75, 3.05) is 19.3 Å². The maximum atomic E-state index is 12.0. The number of hydrogen-bond acceptors (Lipinski definition) is 4. The fourth-order valence-corrected chi connectivity index (χ4v) is 2.58. The number of amides is 1. The lowest BCUT2D eigenvalue weighted by Crippen LogP contribution is -2.30. The average Bonchev–Trinajstić information content (AvgIpc) is 2.38. The van der Waals surface area contributed by atoms with Crippen molar-refractivity contribution in [2.24, 2.45) is 0 Å². The van der Waals surface area contributed by atoms with Gasteiger partial charge in [-0.3, -0.25) is 4.79 Å². The zero-order valence-corrected chi connectivity index (χ0v) is 13.3. The van der Waals surface area contributed by atoms with E-state index >= 15 is 0 Å². The van der Waals surface area contributed by atoms with Gasteiger partial charge in [-0.1, -0.05) is 11.8 Å². The van der Waals surface area contributed by atoms with Crippen molar-refractivity contribution < 1.29 is 4.79 Å². The van der Waals surface area contributed by atoms with Gasteiger partial charge in [-0.05, 0) is 45.9 Å². The summed E-state index contributed by atoms with van der Waals surface area (Å²) in [5.41, 5.74) is 3.09. The van der Waals surface area contributed by atoms with Crippen LogP contribution in [0.1, 0.15) is 37.2 Å². The predicted octanol–water partition coefficient (Wildman–Crippen LogP) is 2.62. The molecule has 0 saturated carbocycles. The van der Waals surface area contributed by atoms with Crippen LogP contribution in [0.4, 0.5) is 0 Å². The summed E-state index contributed by atoms with van der Waals surface area (Å²) in [6.45, 7) is 9.55. The first-order valence-corrected chi connectivity index (χ1v) is 7.91. The lowest BCUT2D eigenvalue weighted by Gasteiger charge is -2.19. The zero-order valence-electron chi connectivity index (χ0n) is 12.5.